The van der Waals surface area contributed by atoms with Crippen molar-refractivity contribution < 1.29 is 24.6 Å². The number of carbonyl (C=O) groups excluding carboxylic acids is 2. The van der Waals surface area contributed by atoms with Gasteiger partial charge in [0.25, 0.3) is 11.8 Å². The second-order valence-electron chi connectivity index (χ2n) is 5.16. The summed E-state index contributed by atoms with van der Waals surface area (Å²) in [5.74, 6) is -2.80. The SMILES string of the molecule is O=C1NC(=S)NC(=O)C1=Cc1ccc(-c2ccc(C(=O)O)c(O)c2)[nH]1. The minimum Gasteiger partial charge on any atom is -0.507 e. The summed E-state index contributed by atoms with van der Waals surface area (Å²) in [4.78, 5) is 37.5. The van der Waals surface area contributed by atoms with Crippen LogP contribution in [-0.2, 0) is 9.59 Å². The molecule has 9 heteroatoms. The number of thiocarbonyl (C=S) groups is 1. The Morgan fingerprint density at radius 2 is 1.76 bits per heavy atom. The maximum atomic E-state index is 11.8. The highest BCUT2D eigenvalue weighted by Gasteiger charge is 2.25. The van der Waals surface area contributed by atoms with E-state index in [4.69, 9.17) is 17.3 Å². The molecule has 2 aromatic rings. The maximum Gasteiger partial charge on any atom is 0.339 e. The molecule has 3 rings (SSSR count). The van der Waals surface area contributed by atoms with Crippen LogP contribution >= 0.6 is 12.2 Å². The topological polar surface area (TPSA) is 132 Å². The normalized spacial score (nSPS) is 14.1. The molecule has 25 heavy (non-hydrogen) atoms. The molecule has 5 N–H and O–H groups in total. The first-order valence-corrected chi connectivity index (χ1v) is 7.40. The largest absolute Gasteiger partial charge is 0.507 e. The summed E-state index contributed by atoms with van der Waals surface area (Å²) in [6, 6.07) is 7.44. The standard InChI is InChI=1S/C16H11N3O5S/c20-12-5-7(1-3-9(12)15(23)24)11-4-2-8(17-11)6-10-13(21)18-16(25)19-14(10)22/h1-6,17,20H,(H,23,24)(H2,18,19,21,22,25). The van der Waals surface area contributed by atoms with Crippen molar-refractivity contribution in [2.45, 2.75) is 0 Å². The Hall–Kier alpha value is -3.46. The van der Waals surface area contributed by atoms with Crippen LogP contribution in [0.4, 0.5) is 0 Å². The summed E-state index contributed by atoms with van der Waals surface area (Å²) in [6.45, 7) is 0. The monoisotopic (exact) mass is 357 g/mol. The molecule has 0 saturated carbocycles. The van der Waals surface area contributed by atoms with Gasteiger partial charge in [0.1, 0.15) is 16.9 Å². The van der Waals surface area contributed by atoms with Crippen molar-refractivity contribution in [1.29, 1.82) is 0 Å². The molecule has 126 valence electrons. The summed E-state index contributed by atoms with van der Waals surface area (Å²) < 4.78 is 0. The number of aromatic carboxylic acids is 1. The lowest BCUT2D eigenvalue weighted by Crippen LogP contribution is -2.51. The van der Waals surface area contributed by atoms with Crippen molar-refractivity contribution in [1.82, 2.24) is 15.6 Å². The summed E-state index contributed by atoms with van der Waals surface area (Å²) in [7, 11) is 0. The number of aromatic amines is 1. The fourth-order valence-corrected chi connectivity index (χ4v) is 2.49. The van der Waals surface area contributed by atoms with Crippen LogP contribution in [0.5, 0.6) is 5.75 Å². The number of amides is 2. The number of aromatic hydroxyl groups is 1. The van der Waals surface area contributed by atoms with Crippen LogP contribution < -0.4 is 10.6 Å². The molecule has 1 aromatic carbocycles. The number of H-pyrrole nitrogens is 1. The van der Waals surface area contributed by atoms with E-state index >= 15 is 0 Å². The van der Waals surface area contributed by atoms with Crippen molar-refractivity contribution in [2.24, 2.45) is 0 Å². The third kappa shape index (κ3) is 3.26. The number of hydrogen-bond donors (Lipinski definition) is 5. The second kappa shape index (κ2) is 6.21. The molecule has 8 nitrogen and oxygen atoms in total. The van der Waals surface area contributed by atoms with Gasteiger partial charge in [0.05, 0.1) is 0 Å². The molecule has 1 aliphatic rings. The van der Waals surface area contributed by atoms with E-state index in [0.29, 0.717) is 17.0 Å². The minimum atomic E-state index is -1.23. The lowest BCUT2D eigenvalue weighted by atomic mass is 10.1. The van der Waals surface area contributed by atoms with Crippen LogP contribution in [0.15, 0.2) is 35.9 Å². The molecule has 1 saturated heterocycles. The highest BCUT2D eigenvalue weighted by atomic mass is 32.1. The summed E-state index contributed by atoms with van der Waals surface area (Å²) >= 11 is 4.72. The number of carboxylic acid groups (broad SMARTS) is 1. The Morgan fingerprint density at radius 1 is 1.08 bits per heavy atom. The third-order valence-electron chi connectivity index (χ3n) is 3.49. The zero-order chi connectivity index (χ0) is 18.1. The quantitative estimate of drug-likeness (QED) is 0.316. The zero-order valence-corrected chi connectivity index (χ0v) is 13.3. The Morgan fingerprint density at radius 3 is 2.36 bits per heavy atom. The smallest absolute Gasteiger partial charge is 0.339 e. The molecule has 1 fully saturated rings. The first-order chi connectivity index (χ1) is 11.8. The van der Waals surface area contributed by atoms with Gasteiger partial charge in [-0.25, -0.2) is 4.79 Å². The van der Waals surface area contributed by atoms with Gasteiger partial charge in [-0.3, -0.25) is 20.2 Å². The molecule has 1 aliphatic heterocycles. The molecule has 0 atom stereocenters. The lowest BCUT2D eigenvalue weighted by Gasteiger charge is -2.15. The van der Waals surface area contributed by atoms with Gasteiger partial charge in [0.15, 0.2) is 5.11 Å². The summed E-state index contributed by atoms with van der Waals surface area (Å²) in [5, 5.41) is 23.3. The van der Waals surface area contributed by atoms with Crippen molar-refractivity contribution in [3.05, 3.63) is 47.2 Å². The number of carbonyl (C=O) groups is 3. The Bertz CT molecular complexity index is 938. The van der Waals surface area contributed by atoms with Gasteiger partial charge in [-0.15, -0.1) is 0 Å². The predicted octanol–water partition coefficient (Wildman–Crippen LogP) is 1.000. The van der Waals surface area contributed by atoms with Crippen LogP contribution in [0.3, 0.4) is 0 Å². The number of nitrogens with one attached hydrogen (secondary N) is 3. The first kappa shape index (κ1) is 16.4. The zero-order valence-electron chi connectivity index (χ0n) is 12.5. The number of rotatable bonds is 3. The molecule has 0 bridgehead atoms. The van der Waals surface area contributed by atoms with Gasteiger partial charge in [0.2, 0.25) is 0 Å². The average Bonchev–Trinajstić information content (AvgIpc) is 2.99. The number of aromatic nitrogens is 1. The molecule has 1 aromatic heterocycles. The lowest BCUT2D eigenvalue weighted by molar-refractivity contribution is -0.123. The van der Waals surface area contributed by atoms with E-state index in [1.165, 1.54) is 24.3 Å². The minimum absolute atomic E-state index is 0.0479. The van der Waals surface area contributed by atoms with Gasteiger partial charge in [-0.05, 0) is 42.6 Å². The molecule has 0 aliphatic carbocycles. The van der Waals surface area contributed by atoms with Crippen molar-refractivity contribution in [3.63, 3.8) is 0 Å². The van der Waals surface area contributed by atoms with E-state index in [1.807, 2.05) is 0 Å². The summed E-state index contributed by atoms with van der Waals surface area (Å²) in [5.41, 5.74) is 1.29. The van der Waals surface area contributed by atoms with Crippen molar-refractivity contribution >= 4 is 41.2 Å². The first-order valence-electron chi connectivity index (χ1n) is 6.99. The van der Waals surface area contributed by atoms with Crippen LogP contribution in [-0.4, -0.2) is 38.1 Å². The van der Waals surface area contributed by atoms with Crippen LogP contribution in [0.2, 0.25) is 0 Å². The molecule has 0 radical (unpaired) electrons. The van der Waals surface area contributed by atoms with Gasteiger partial charge >= 0.3 is 5.97 Å². The Labute approximate surface area is 146 Å². The van der Waals surface area contributed by atoms with Gasteiger partial charge in [0, 0.05) is 17.0 Å². The van der Waals surface area contributed by atoms with Gasteiger partial charge < -0.3 is 15.2 Å². The molecule has 2 heterocycles. The highest BCUT2D eigenvalue weighted by molar-refractivity contribution is 7.80. The number of benzene rings is 1. The predicted molar refractivity (Wildman–Crippen MR) is 91.7 cm³/mol. The fourth-order valence-electron chi connectivity index (χ4n) is 2.31. The molecular weight excluding hydrogens is 346 g/mol. The van der Waals surface area contributed by atoms with Crippen molar-refractivity contribution in [3.8, 4) is 17.0 Å². The van der Waals surface area contributed by atoms with E-state index in [9.17, 15) is 19.5 Å². The second-order valence-corrected chi connectivity index (χ2v) is 5.57. The van der Waals surface area contributed by atoms with Gasteiger partial charge in [-0.2, -0.15) is 0 Å². The Kier molecular flexibility index (Phi) is 4.07. The third-order valence-corrected chi connectivity index (χ3v) is 3.70. The van der Waals surface area contributed by atoms with Crippen molar-refractivity contribution in [2.75, 3.05) is 0 Å². The molecule has 0 unspecified atom stereocenters. The number of phenols is 1. The molecule has 2 amide bonds. The van der Waals surface area contributed by atoms with E-state index in [-0.39, 0.29) is 22.0 Å². The number of hydrogen-bond acceptors (Lipinski definition) is 5. The van der Waals surface area contributed by atoms with Crippen LogP contribution in [0.25, 0.3) is 17.3 Å². The number of carboxylic acids is 1. The van der Waals surface area contributed by atoms with Crippen LogP contribution in [0.1, 0.15) is 16.1 Å². The molecular formula is C16H11N3O5S. The van der Waals surface area contributed by atoms with E-state index < -0.39 is 17.8 Å². The maximum absolute atomic E-state index is 11.8. The molecule has 0 spiro atoms. The average molecular weight is 357 g/mol. The highest BCUT2D eigenvalue weighted by Crippen LogP contribution is 2.26. The van der Waals surface area contributed by atoms with E-state index in [2.05, 4.69) is 15.6 Å². The van der Waals surface area contributed by atoms with Gasteiger partial charge in [-0.1, -0.05) is 6.07 Å². The Balaban J connectivity index is 1.90. The van der Waals surface area contributed by atoms with E-state index in [1.54, 1.807) is 12.1 Å². The van der Waals surface area contributed by atoms with Crippen LogP contribution in [0, 0.1) is 0 Å². The fraction of sp³-hybridized carbons (Fsp3) is 0. The summed E-state index contributed by atoms with van der Waals surface area (Å²) in [6.07, 6.45) is 1.36. The van der Waals surface area contributed by atoms with E-state index in [0.717, 1.165) is 0 Å².